The smallest absolute Gasteiger partial charge is 0.724 e. The summed E-state index contributed by atoms with van der Waals surface area (Å²) in [5.74, 6) is 0. The minimum atomic E-state index is 0. The summed E-state index contributed by atoms with van der Waals surface area (Å²) < 4.78 is 0. The van der Waals surface area contributed by atoms with Crippen LogP contribution in [0.25, 0.3) is 10.8 Å². The molecule has 0 spiro atoms. The van der Waals surface area contributed by atoms with E-state index in [4.69, 9.17) is 20.4 Å². The largest absolute Gasteiger partial charge is 2.00 e. The van der Waals surface area contributed by atoms with Gasteiger partial charge in [0.05, 0.1) is 0 Å². The molecule has 0 aliphatic heterocycles. The first-order valence-electron chi connectivity index (χ1n) is 0.855. The quantitative estimate of drug-likeness (QED) is 0.377. The third-order valence-corrected chi connectivity index (χ3v) is 0. The average molecular weight is 175 g/mol. The molecule has 0 aliphatic rings. The molecule has 0 unspecified atom stereocenters. The SMILES string of the molecule is [N-]=C=O.[N-]=C=O.[Zr+2]. The van der Waals surface area contributed by atoms with Gasteiger partial charge in [0.25, 0.3) is 0 Å². The molecule has 0 aromatic heterocycles. The van der Waals surface area contributed by atoms with Gasteiger partial charge in [-0.05, 0) is 12.2 Å². The van der Waals surface area contributed by atoms with E-state index in [9.17, 15) is 0 Å². The zero-order valence-corrected chi connectivity index (χ0v) is 5.67. The zero-order valence-electron chi connectivity index (χ0n) is 3.21. The van der Waals surface area contributed by atoms with E-state index >= 15 is 0 Å². The Kier molecular flexibility index (Phi) is 103. The van der Waals surface area contributed by atoms with Crippen molar-refractivity contribution in [2.45, 2.75) is 0 Å². The molecule has 0 saturated carbocycles. The van der Waals surface area contributed by atoms with Crippen LogP contribution in [0.5, 0.6) is 0 Å². The maximum Gasteiger partial charge on any atom is 2.00 e. The Morgan fingerprint density at radius 1 is 1.00 bits per heavy atom. The predicted molar refractivity (Wildman–Crippen MR) is 18.1 cm³/mol. The van der Waals surface area contributed by atoms with Gasteiger partial charge in [-0.2, -0.15) is 0 Å². The first-order valence-corrected chi connectivity index (χ1v) is 0.855. The second kappa shape index (κ2) is 45.1. The summed E-state index contributed by atoms with van der Waals surface area (Å²) in [6.07, 6.45) is 1.00. The third kappa shape index (κ3) is 588. The number of nitrogens with zero attached hydrogens (tertiary/aromatic N) is 2. The molecule has 0 heterocycles. The molecule has 34 valence electrons. The van der Waals surface area contributed by atoms with Crippen LogP contribution in [0.2, 0.25) is 0 Å². The van der Waals surface area contributed by atoms with Crippen LogP contribution in [0, 0.1) is 0 Å². The van der Waals surface area contributed by atoms with Crippen LogP contribution in [0.15, 0.2) is 0 Å². The Hall–Kier alpha value is -0.357. The summed E-state index contributed by atoms with van der Waals surface area (Å²) in [5, 5.41) is 13.5. The molecule has 0 amide bonds. The minimum Gasteiger partial charge on any atom is -0.724 e. The first-order chi connectivity index (χ1) is 2.83. The van der Waals surface area contributed by atoms with E-state index in [0.29, 0.717) is 12.2 Å². The predicted octanol–water partition coefficient (Wildman–Crippen LogP) is -0.219. The van der Waals surface area contributed by atoms with Crippen molar-refractivity contribution in [1.82, 2.24) is 0 Å². The van der Waals surface area contributed by atoms with Crippen molar-refractivity contribution in [3.63, 3.8) is 0 Å². The molecular weight excluding hydrogens is 175 g/mol. The fraction of sp³-hybridized carbons (Fsp3) is 0. The van der Waals surface area contributed by atoms with E-state index in [1.165, 1.54) is 0 Å². The van der Waals surface area contributed by atoms with Crippen molar-refractivity contribution >= 4 is 12.2 Å². The Morgan fingerprint density at radius 2 is 1.00 bits per heavy atom. The molecule has 0 rings (SSSR count). The van der Waals surface area contributed by atoms with Crippen molar-refractivity contribution in [3.05, 3.63) is 10.8 Å². The molecule has 0 bridgehead atoms. The van der Waals surface area contributed by atoms with E-state index in [-0.39, 0.29) is 26.2 Å². The van der Waals surface area contributed by atoms with Crippen molar-refractivity contribution in [2.24, 2.45) is 0 Å². The molecule has 0 fully saturated rings. The Labute approximate surface area is 59.1 Å². The summed E-state index contributed by atoms with van der Waals surface area (Å²) in [7, 11) is 0. The summed E-state index contributed by atoms with van der Waals surface area (Å²) in [5.41, 5.74) is 0. The standard InChI is InChI=1S/2CNO.Zr/c2*2-1-3;/q2*-1;+2. The fourth-order valence-corrected chi connectivity index (χ4v) is 0. The van der Waals surface area contributed by atoms with E-state index in [2.05, 4.69) is 0 Å². The van der Waals surface area contributed by atoms with E-state index in [0.717, 1.165) is 0 Å². The molecule has 0 aromatic carbocycles. The van der Waals surface area contributed by atoms with E-state index < -0.39 is 0 Å². The molecule has 0 radical (unpaired) electrons. The Bertz CT molecular complexity index is 67.7. The summed E-state index contributed by atoms with van der Waals surface area (Å²) >= 11 is 0. The average Bonchev–Trinajstić information content (AvgIpc) is 1.39. The molecular formula is C2N2O2Zr. The van der Waals surface area contributed by atoms with Gasteiger partial charge in [0.2, 0.25) is 0 Å². The maximum atomic E-state index is 8.24. The molecule has 0 N–H and O–H groups in total. The number of carbonyl (C=O) groups excluding carboxylic acids is 2. The number of hydrogen-bond donors (Lipinski definition) is 0. The number of rotatable bonds is 0. The fourth-order valence-electron chi connectivity index (χ4n) is 0. The first kappa shape index (κ1) is 15.9. The zero-order chi connectivity index (χ0) is 5.41. The maximum absolute atomic E-state index is 8.24. The van der Waals surface area contributed by atoms with Crippen molar-refractivity contribution < 1.29 is 35.8 Å². The van der Waals surface area contributed by atoms with E-state index in [1.54, 1.807) is 0 Å². The van der Waals surface area contributed by atoms with Crippen LogP contribution in [0.4, 0.5) is 0 Å². The monoisotopic (exact) mass is 174 g/mol. The van der Waals surface area contributed by atoms with Gasteiger partial charge in [-0.15, -0.1) is 0 Å². The van der Waals surface area contributed by atoms with E-state index in [1.807, 2.05) is 0 Å². The summed E-state index contributed by atoms with van der Waals surface area (Å²) in [4.78, 5) is 16.5. The van der Waals surface area contributed by atoms with Crippen LogP contribution in [-0.2, 0) is 35.8 Å². The van der Waals surface area contributed by atoms with Crippen LogP contribution < -0.4 is 0 Å². The number of hydrogen-bond acceptors (Lipinski definition) is 2. The van der Waals surface area contributed by atoms with Crippen molar-refractivity contribution in [3.8, 4) is 0 Å². The Morgan fingerprint density at radius 3 is 1.00 bits per heavy atom. The molecule has 0 saturated heterocycles. The second-order valence-corrected chi connectivity index (χ2v) is 0.183. The topological polar surface area (TPSA) is 78.7 Å². The van der Waals surface area contributed by atoms with Crippen LogP contribution in [-0.4, -0.2) is 12.2 Å². The van der Waals surface area contributed by atoms with Crippen molar-refractivity contribution in [1.29, 1.82) is 0 Å². The minimum absolute atomic E-state index is 0. The van der Waals surface area contributed by atoms with Crippen LogP contribution in [0.3, 0.4) is 0 Å². The number of isocyanates is 2. The van der Waals surface area contributed by atoms with Gasteiger partial charge in [-0.1, -0.05) is 0 Å². The van der Waals surface area contributed by atoms with Gasteiger partial charge in [0.1, 0.15) is 0 Å². The van der Waals surface area contributed by atoms with Crippen LogP contribution in [0.1, 0.15) is 0 Å². The molecule has 4 nitrogen and oxygen atoms in total. The van der Waals surface area contributed by atoms with Crippen LogP contribution >= 0.6 is 0 Å². The molecule has 7 heavy (non-hydrogen) atoms. The Balaban J connectivity index is -0.0000000400. The van der Waals surface area contributed by atoms with Gasteiger partial charge in [-0.3, -0.25) is 9.59 Å². The van der Waals surface area contributed by atoms with Gasteiger partial charge in [0, 0.05) is 0 Å². The second-order valence-electron chi connectivity index (χ2n) is 0.183. The summed E-state index contributed by atoms with van der Waals surface area (Å²) in [6, 6.07) is 0. The third-order valence-electron chi connectivity index (χ3n) is 0. The van der Waals surface area contributed by atoms with Gasteiger partial charge in [-0.25, -0.2) is 0 Å². The van der Waals surface area contributed by atoms with Gasteiger partial charge >= 0.3 is 26.2 Å². The molecule has 0 aliphatic carbocycles. The van der Waals surface area contributed by atoms with Gasteiger partial charge in [0.15, 0.2) is 0 Å². The summed E-state index contributed by atoms with van der Waals surface area (Å²) in [6.45, 7) is 0. The molecule has 0 atom stereocenters. The molecule has 5 heteroatoms. The van der Waals surface area contributed by atoms with Crippen molar-refractivity contribution in [2.75, 3.05) is 0 Å². The molecule has 0 aromatic rings. The normalized spacial score (nSPS) is 2.29. The van der Waals surface area contributed by atoms with Gasteiger partial charge < -0.3 is 10.8 Å².